The van der Waals surface area contributed by atoms with Gasteiger partial charge in [0.2, 0.25) is 5.91 Å². The fourth-order valence-corrected chi connectivity index (χ4v) is 2.43. The number of nitrogens with zero attached hydrogens (tertiary/aromatic N) is 3. The zero-order chi connectivity index (χ0) is 14.3. The molecular weight excluding hydrogens is 254 g/mol. The van der Waals surface area contributed by atoms with Crippen molar-refractivity contribution >= 4 is 17.3 Å². The van der Waals surface area contributed by atoms with E-state index in [1.807, 2.05) is 26.0 Å². The van der Waals surface area contributed by atoms with Crippen molar-refractivity contribution in [3.8, 4) is 5.69 Å². The van der Waals surface area contributed by atoms with E-state index in [-0.39, 0.29) is 5.91 Å². The molecule has 0 radical (unpaired) electrons. The molecule has 0 bridgehead atoms. The molecule has 2 aromatic rings. The summed E-state index contributed by atoms with van der Waals surface area (Å²) < 4.78 is 1.78. The lowest BCUT2D eigenvalue weighted by Gasteiger charge is -2.10. The number of anilines is 2. The van der Waals surface area contributed by atoms with Crippen LogP contribution in [0.3, 0.4) is 0 Å². The molecule has 0 aliphatic carbocycles. The Balaban J connectivity index is 2.13. The molecule has 0 saturated carbocycles. The Labute approximate surface area is 117 Å². The third kappa shape index (κ3) is 1.93. The SMILES string of the molecule is CCc1nc(CC)n(-c2cc3c(cc2N)CC(=O)N3)n1. The summed E-state index contributed by atoms with van der Waals surface area (Å²) >= 11 is 0. The van der Waals surface area contributed by atoms with E-state index < -0.39 is 0 Å². The normalized spacial score (nSPS) is 13.4. The topological polar surface area (TPSA) is 85.8 Å². The summed E-state index contributed by atoms with van der Waals surface area (Å²) in [5.74, 6) is 1.67. The number of fused-ring (bicyclic) bond motifs is 1. The number of carbonyl (C=O) groups excluding carboxylic acids is 1. The zero-order valence-corrected chi connectivity index (χ0v) is 11.6. The van der Waals surface area contributed by atoms with E-state index in [9.17, 15) is 4.79 Å². The van der Waals surface area contributed by atoms with E-state index in [1.165, 1.54) is 0 Å². The Morgan fingerprint density at radius 1 is 1.35 bits per heavy atom. The minimum absolute atomic E-state index is 0.0000949. The zero-order valence-electron chi connectivity index (χ0n) is 11.6. The first-order valence-electron chi connectivity index (χ1n) is 6.79. The molecule has 20 heavy (non-hydrogen) atoms. The van der Waals surface area contributed by atoms with Crippen LogP contribution in [0.1, 0.15) is 31.1 Å². The van der Waals surface area contributed by atoms with E-state index in [0.717, 1.165) is 41.4 Å². The lowest BCUT2D eigenvalue weighted by atomic mass is 10.1. The summed E-state index contributed by atoms with van der Waals surface area (Å²) in [5.41, 5.74) is 9.25. The van der Waals surface area contributed by atoms with Crippen molar-refractivity contribution in [2.45, 2.75) is 33.1 Å². The van der Waals surface area contributed by atoms with Gasteiger partial charge in [-0.25, -0.2) is 9.67 Å². The number of rotatable bonds is 3. The molecule has 1 amide bonds. The number of aryl methyl sites for hydroxylation is 2. The van der Waals surface area contributed by atoms with Gasteiger partial charge in [-0.15, -0.1) is 0 Å². The maximum Gasteiger partial charge on any atom is 0.228 e. The number of benzene rings is 1. The van der Waals surface area contributed by atoms with Gasteiger partial charge in [-0.3, -0.25) is 4.79 Å². The summed E-state index contributed by atoms with van der Waals surface area (Å²) in [7, 11) is 0. The van der Waals surface area contributed by atoms with Crippen molar-refractivity contribution in [2.24, 2.45) is 0 Å². The summed E-state index contributed by atoms with van der Waals surface area (Å²) in [6.07, 6.45) is 1.94. The highest BCUT2D eigenvalue weighted by molar-refractivity contribution is 6.00. The molecule has 1 aromatic heterocycles. The molecule has 2 heterocycles. The molecule has 1 aromatic carbocycles. The van der Waals surface area contributed by atoms with E-state index in [1.54, 1.807) is 4.68 Å². The standard InChI is InChI=1S/C14H17N5O/c1-3-12-17-13(4-2)19(18-12)11-7-10-8(5-9(11)15)6-14(20)16-10/h5,7H,3-4,6,15H2,1-2H3,(H,16,20). The molecule has 1 aliphatic heterocycles. The van der Waals surface area contributed by atoms with Crippen LogP contribution >= 0.6 is 0 Å². The number of nitrogens with one attached hydrogen (secondary N) is 1. The quantitative estimate of drug-likeness (QED) is 0.828. The number of hydrogen-bond donors (Lipinski definition) is 2. The Bertz CT molecular complexity index is 689. The third-order valence-corrected chi connectivity index (χ3v) is 3.46. The molecule has 3 N–H and O–H groups in total. The summed E-state index contributed by atoms with van der Waals surface area (Å²) in [6, 6.07) is 3.72. The maximum absolute atomic E-state index is 11.4. The average Bonchev–Trinajstić information content (AvgIpc) is 2.99. The van der Waals surface area contributed by atoms with Gasteiger partial charge in [-0.2, -0.15) is 5.10 Å². The Hall–Kier alpha value is -2.37. The highest BCUT2D eigenvalue weighted by atomic mass is 16.1. The lowest BCUT2D eigenvalue weighted by Crippen LogP contribution is -2.07. The van der Waals surface area contributed by atoms with E-state index >= 15 is 0 Å². The molecule has 0 saturated heterocycles. The van der Waals surface area contributed by atoms with E-state index in [0.29, 0.717) is 12.1 Å². The molecule has 0 unspecified atom stereocenters. The number of carbonyl (C=O) groups is 1. The fraction of sp³-hybridized carbons (Fsp3) is 0.357. The van der Waals surface area contributed by atoms with Gasteiger partial charge >= 0.3 is 0 Å². The number of hydrogen-bond acceptors (Lipinski definition) is 4. The molecule has 6 nitrogen and oxygen atoms in total. The minimum atomic E-state index is 0.0000949. The van der Waals surface area contributed by atoms with Crippen molar-refractivity contribution in [3.63, 3.8) is 0 Å². The van der Waals surface area contributed by atoms with Crippen LogP contribution in [0.25, 0.3) is 5.69 Å². The van der Waals surface area contributed by atoms with E-state index in [4.69, 9.17) is 5.73 Å². The van der Waals surface area contributed by atoms with Gasteiger partial charge in [-0.05, 0) is 17.7 Å². The van der Waals surface area contributed by atoms with Crippen LogP contribution in [0.15, 0.2) is 12.1 Å². The molecule has 0 atom stereocenters. The molecule has 104 valence electrons. The molecule has 0 spiro atoms. The van der Waals surface area contributed by atoms with Crippen molar-refractivity contribution < 1.29 is 4.79 Å². The van der Waals surface area contributed by atoms with Gasteiger partial charge in [0.15, 0.2) is 5.82 Å². The molecule has 1 aliphatic rings. The maximum atomic E-state index is 11.4. The van der Waals surface area contributed by atoms with Crippen molar-refractivity contribution in [1.29, 1.82) is 0 Å². The second-order valence-electron chi connectivity index (χ2n) is 4.86. The number of aromatic nitrogens is 3. The van der Waals surface area contributed by atoms with Gasteiger partial charge < -0.3 is 11.1 Å². The van der Waals surface area contributed by atoms with Gasteiger partial charge in [0, 0.05) is 18.5 Å². The third-order valence-electron chi connectivity index (χ3n) is 3.46. The molecule has 3 rings (SSSR count). The summed E-state index contributed by atoms with van der Waals surface area (Å²) in [6.45, 7) is 4.05. The van der Waals surface area contributed by atoms with Crippen LogP contribution in [0.4, 0.5) is 11.4 Å². The molecule has 0 fully saturated rings. The second-order valence-corrected chi connectivity index (χ2v) is 4.86. The lowest BCUT2D eigenvalue weighted by molar-refractivity contribution is -0.115. The van der Waals surface area contributed by atoms with Crippen molar-refractivity contribution in [2.75, 3.05) is 11.1 Å². The van der Waals surface area contributed by atoms with Crippen LogP contribution in [-0.2, 0) is 24.1 Å². The van der Waals surface area contributed by atoms with Gasteiger partial charge in [0.25, 0.3) is 0 Å². The highest BCUT2D eigenvalue weighted by Crippen LogP contribution is 2.30. The van der Waals surface area contributed by atoms with Crippen LogP contribution in [0.5, 0.6) is 0 Å². The molecule has 6 heteroatoms. The summed E-state index contributed by atoms with van der Waals surface area (Å²) in [5, 5.41) is 7.32. The first-order chi connectivity index (χ1) is 9.62. The smallest absolute Gasteiger partial charge is 0.228 e. The predicted octanol–water partition coefficient (Wildman–Crippen LogP) is 1.47. The highest BCUT2D eigenvalue weighted by Gasteiger charge is 2.21. The Kier molecular flexibility index (Phi) is 2.93. The first-order valence-corrected chi connectivity index (χ1v) is 6.79. The number of nitrogen functional groups attached to an aromatic ring is 1. The van der Waals surface area contributed by atoms with E-state index in [2.05, 4.69) is 15.4 Å². The summed E-state index contributed by atoms with van der Waals surface area (Å²) in [4.78, 5) is 15.9. The predicted molar refractivity (Wildman–Crippen MR) is 76.9 cm³/mol. The van der Waals surface area contributed by atoms with Crippen LogP contribution in [-0.4, -0.2) is 20.7 Å². The Morgan fingerprint density at radius 2 is 2.15 bits per heavy atom. The fourth-order valence-electron chi connectivity index (χ4n) is 2.43. The van der Waals surface area contributed by atoms with Crippen LogP contribution in [0, 0.1) is 0 Å². The van der Waals surface area contributed by atoms with Crippen LogP contribution < -0.4 is 11.1 Å². The van der Waals surface area contributed by atoms with Crippen LogP contribution in [0.2, 0.25) is 0 Å². The van der Waals surface area contributed by atoms with Crippen molar-refractivity contribution in [3.05, 3.63) is 29.3 Å². The Morgan fingerprint density at radius 3 is 2.85 bits per heavy atom. The number of amides is 1. The number of nitrogens with two attached hydrogens (primary N) is 1. The van der Waals surface area contributed by atoms with Gasteiger partial charge in [0.05, 0.1) is 17.8 Å². The minimum Gasteiger partial charge on any atom is -0.397 e. The van der Waals surface area contributed by atoms with Gasteiger partial charge in [0.1, 0.15) is 5.82 Å². The van der Waals surface area contributed by atoms with Crippen molar-refractivity contribution in [1.82, 2.24) is 14.8 Å². The second kappa shape index (κ2) is 4.63. The average molecular weight is 271 g/mol. The largest absolute Gasteiger partial charge is 0.397 e. The van der Waals surface area contributed by atoms with Gasteiger partial charge in [-0.1, -0.05) is 13.8 Å². The monoisotopic (exact) mass is 271 g/mol. The first kappa shape index (κ1) is 12.7. The molecular formula is C14H17N5O.